The number of ether oxygens (including phenoxy) is 3. The number of allylic oxidation sites excluding steroid dienone is 1. The lowest BCUT2D eigenvalue weighted by atomic mass is 9.53. The van der Waals surface area contributed by atoms with Crippen molar-refractivity contribution in [1.82, 2.24) is 0 Å². The number of fused-ring (bicyclic) bond motifs is 3. The average Bonchev–Trinajstić information content (AvgIpc) is 2.99. The lowest BCUT2D eigenvalue weighted by molar-refractivity contribution is -0.185. The summed E-state index contributed by atoms with van der Waals surface area (Å²) >= 11 is 0. The molecule has 0 bridgehead atoms. The first-order valence-corrected chi connectivity index (χ1v) is 10.8. The third-order valence-corrected chi connectivity index (χ3v) is 9.16. The predicted molar refractivity (Wildman–Crippen MR) is 99.7 cm³/mol. The van der Waals surface area contributed by atoms with E-state index in [9.17, 15) is 5.11 Å². The van der Waals surface area contributed by atoms with Gasteiger partial charge in [-0.15, -0.1) is 5.92 Å². The maximum absolute atomic E-state index is 11.3. The second kappa shape index (κ2) is 5.00. The molecule has 6 rings (SSSR count). The van der Waals surface area contributed by atoms with Gasteiger partial charge in [0, 0.05) is 18.3 Å². The zero-order valence-corrected chi connectivity index (χ0v) is 16.5. The molecule has 4 heteroatoms. The molecule has 146 valence electrons. The fourth-order valence-electron chi connectivity index (χ4n) is 7.76. The lowest BCUT2D eigenvalue weighted by Crippen LogP contribution is -2.53. The Morgan fingerprint density at radius 2 is 1.93 bits per heavy atom. The summed E-state index contributed by atoms with van der Waals surface area (Å²) in [6, 6.07) is 0. The molecule has 6 atom stereocenters. The van der Waals surface area contributed by atoms with E-state index in [1.54, 1.807) is 0 Å². The van der Waals surface area contributed by atoms with Crippen LogP contribution >= 0.6 is 0 Å². The van der Waals surface area contributed by atoms with Crippen LogP contribution in [-0.2, 0) is 14.2 Å². The van der Waals surface area contributed by atoms with Gasteiger partial charge in [-0.05, 0) is 62.9 Å². The van der Waals surface area contributed by atoms with Crippen molar-refractivity contribution in [1.29, 1.82) is 0 Å². The highest BCUT2D eigenvalue weighted by Gasteiger charge is 2.79. The highest BCUT2D eigenvalue weighted by Crippen LogP contribution is 2.74. The Hall–Kier alpha value is -0.860. The highest BCUT2D eigenvalue weighted by molar-refractivity contribution is 5.44. The molecule has 4 aliphatic carbocycles. The highest BCUT2D eigenvalue weighted by atomic mass is 16.7. The molecule has 0 unspecified atom stereocenters. The largest absolute Gasteiger partial charge is 0.377 e. The van der Waals surface area contributed by atoms with Crippen LogP contribution in [0.2, 0.25) is 0 Å². The van der Waals surface area contributed by atoms with E-state index in [0.717, 1.165) is 51.4 Å². The number of epoxide rings is 1. The van der Waals surface area contributed by atoms with Crippen LogP contribution in [0.4, 0.5) is 0 Å². The predicted octanol–water partition coefficient (Wildman–Crippen LogP) is 3.33. The SMILES string of the molecule is CC#C[C@@]1(O)CC[C@@H]2[C@H]3CC[C@]45CC6(CC[C@]4(O5)C3=CC[C@]21C)OCCO6. The van der Waals surface area contributed by atoms with Crippen molar-refractivity contribution in [3.63, 3.8) is 0 Å². The van der Waals surface area contributed by atoms with Crippen molar-refractivity contribution in [2.45, 2.75) is 87.8 Å². The van der Waals surface area contributed by atoms with Gasteiger partial charge in [-0.2, -0.15) is 0 Å². The molecule has 0 aromatic carbocycles. The first kappa shape index (κ1) is 17.0. The molecule has 27 heavy (non-hydrogen) atoms. The standard InChI is InChI=1S/C23H30O4/c1-3-7-20(24)9-6-17-16-4-10-21-15-22(25-13-14-26-22)11-12-23(21,27-21)18(16)5-8-19(17,20)2/h5,16-17,24H,4,6,8-15H2,1-2H3/t16-,17-,19-,20-,21+,23+/m1/s1. The summed E-state index contributed by atoms with van der Waals surface area (Å²) in [5.41, 5.74) is 0.424. The molecule has 0 radical (unpaired) electrons. The van der Waals surface area contributed by atoms with Crippen LogP contribution in [0.1, 0.15) is 65.2 Å². The summed E-state index contributed by atoms with van der Waals surface area (Å²) in [5, 5.41) is 11.3. The van der Waals surface area contributed by atoms with Gasteiger partial charge in [0.05, 0.1) is 13.2 Å². The van der Waals surface area contributed by atoms with Gasteiger partial charge in [-0.25, -0.2) is 0 Å². The Kier molecular flexibility index (Phi) is 3.15. The number of rotatable bonds is 0. The van der Waals surface area contributed by atoms with Crippen molar-refractivity contribution in [2.75, 3.05) is 13.2 Å². The molecule has 0 aromatic rings. The zero-order chi connectivity index (χ0) is 18.5. The molecule has 1 N–H and O–H groups in total. The summed E-state index contributed by atoms with van der Waals surface area (Å²) in [5.74, 6) is 6.83. The van der Waals surface area contributed by atoms with Gasteiger partial charge in [-0.1, -0.05) is 18.9 Å². The van der Waals surface area contributed by atoms with Gasteiger partial charge in [0.15, 0.2) is 5.79 Å². The van der Waals surface area contributed by atoms with E-state index in [2.05, 4.69) is 24.8 Å². The van der Waals surface area contributed by atoms with E-state index in [4.69, 9.17) is 14.2 Å². The van der Waals surface area contributed by atoms with Crippen LogP contribution in [0.15, 0.2) is 11.6 Å². The number of aliphatic hydroxyl groups is 1. The molecule has 2 heterocycles. The van der Waals surface area contributed by atoms with Crippen molar-refractivity contribution in [2.24, 2.45) is 17.3 Å². The van der Waals surface area contributed by atoms with Crippen LogP contribution in [0.25, 0.3) is 0 Å². The summed E-state index contributed by atoms with van der Waals surface area (Å²) in [4.78, 5) is 0. The third kappa shape index (κ3) is 1.86. The van der Waals surface area contributed by atoms with Gasteiger partial charge in [0.2, 0.25) is 0 Å². The summed E-state index contributed by atoms with van der Waals surface area (Å²) in [7, 11) is 0. The van der Waals surface area contributed by atoms with E-state index in [0.29, 0.717) is 25.0 Å². The molecule has 0 amide bonds. The minimum absolute atomic E-state index is 0.0657. The van der Waals surface area contributed by atoms with Gasteiger partial charge in [-0.3, -0.25) is 0 Å². The van der Waals surface area contributed by atoms with Crippen molar-refractivity contribution >= 4 is 0 Å². The van der Waals surface area contributed by atoms with E-state index in [1.165, 1.54) is 5.57 Å². The van der Waals surface area contributed by atoms with Crippen LogP contribution in [0.3, 0.4) is 0 Å². The van der Waals surface area contributed by atoms with Gasteiger partial charge in [0.1, 0.15) is 16.8 Å². The monoisotopic (exact) mass is 370 g/mol. The Morgan fingerprint density at radius 1 is 1.11 bits per heavy atom. The normalized spacial score (nSPS) is 54.1. The summed E-state index contributed by atoms with van der Waals surface area (Å²) in [6.45, 7) is 5.54. The Bertz CT molecular complexity index is 786. The van der Waals surface area contributed by atoms with E-state index >= 15 is 0 Å². The van der Waals surface area contributed by atoms with Crippen molar-refractivity contribution in [3.05, 3.63) is 11.6 Å². The zero-order valence-electron chi connectivity index (χ0n) is 16.5. The minimum atomic E-state index is -0.840. The second-order valence-corrected chi connectivity index (χ2v) is 10.0. The average molecular weight is 370 g/mol. The fraction of sp³-hybridized carbons (Fsp3) is 0.826. The molecular formula is C23H30O4. The molecule has 4 nitrogen and oxygen atoms in total. The van der Waals surface area contributed by atoms with Crippen LogP contribution in [0.5, 0.6) is 0 Å². The fourth-order valence-corrected chi connectivity index (χ4v) is 7.76. The van der Waals surface area contributed by atoms with E-state index in [-0.39, 0.29) is 22.4 Å². The first-order valence-electron chi connectivity index (χ1n) is 10.8. The maximum atomic E-state index is 11.3. The summed E-state index contributed by atoms with van der Waals surface area (Å²) < 4.78 is 18.7. The van der Waals surface area contributed by atoms with Crippen LogP contribution < -0.4 is 0 Å². The minimum Gasteiger partial charge on any atom is -0.377 e. The third-order valence-electron chi connectivity index (χ3n) is 9.16. The van der Waals surface area contributed by atoms with Crippen molar-refractivity contribution in [3.8, 4) is 11.8 Å². The number of hydrogen-bond acceptors (Lipinski definition) is 4. The topological polar surface area (TPSA) is 51.2 Å². The van der Waals surface area contributed by atoms with E-state index < -0.39 is 5.60 Å². The molecule has 2 aliphatic heterocycles. The summed E-state index contributed by atoms with van der Waals surface area (Å²) in [6.07, 6.45) is 10.3. The van der Waals surface area contributed by atoms with Gasteiger partial charge >= 0.3 is 0 Å². The maximum Gasteiger partial charge on any atom is 0.171 e. The van der Waals surface area contributed by atoms with Gasteiger partial charge < -0.3 is 19.3 Å². The molecule has 1 spiro atoms. The van der Waals surface area contributed by atoms with Gasteiger partial charge in [0.25, 0.3) is 0 Å². The van der Waals surface area contributed by atoms with Crippen LogP contribution in [0, 0.1) is 29.1 Å². The second-order valence-electron chi connectivity index (χ2n) is 10.0. The molecule has 6 aliphatic rings. The molecule has 0 aromatic heterocycles. The molecule has 5 fully saturated rings. The van der Waals surface area contributed by atoms with E-state index in [1.807, 2.05) is 6.92 Å². The van der Waals surface area contributed by atoms with Crippen molar-refractivity contribution < 1.29 is 19.3 Å². The first-order chi connectivity index (χ1) is 12.9. The Balaban J connectivity index is 1.35. The smallest absolute Gasteiger partial charge is 0.171 e. The lowest BCUT2D eigenvalue weighted by Gasteiger charge is -2.51. The molecule has 2 saturated heterocycles. The Morgan fingerprint density at radius 3 is 2.70 bits per heavy atom. The Labute approximate surface area is 161 Å². The number of hydrogen-bond donors (Lipinski definition) is 1. The quantitative estimate of drug-likeness (QED) is 0.404. The van der Waals surface area contributed by atoms with Crippen LogP contribution in [-0.4, -0.2) is 40.9 Å². The molecular weight excluding hydrogens is 340 g/mol. The molecule has 3 saturated carbocycles.